The molecule has 3 nitrogen and oxygen atoms in total. The molecule has 0 unspecified atom stereocenters. The number of aliphatic hydroxyl groups is 1. The first-order chi connectivity index (χ1) is 6.74. The molecule has 0 aromatic heterocycles. The average Bonchev–Trinajstić information content (AvgIpc) is 2.26. The number of ether oxygens (including phenoxy) is 1. The van der Waals surface area contributed by atoms with E-state index in [1.54, 1.807) is 6.08 Å². The minimum Gasteiger partial charge on any atom is -0.467 e. The number of carbonyl (C=O) groups excluding carboxylic acids is 1. The van der Waals surface area contributed by atoms with Crippen molar-refractivity contribution in [2.75, 3.05) is 7.11 Å². The van der Waals surface area contributed by atoms with Gasteiger partial charge in [0.15, 0.2) is 6.10 Å². The maximum Gasteiger partial charge on any atom is 0.338 e. The summed E-state index contributed by atoms with van der Waals surface area (Å²) in [4.78, 5) is 10.8. The highest BCUT2D eigenvalue weighted by atomic mass is 16.5. The Kier molecular flexibility index (Phi) is 3.88. The first kappa shape index (κ1) is 10.5. The molecule has 0 fully saturated rings. The molecule has 3 heteroatoms. The Hall–Kier alpha value is -1.61. The van der Waals surface area contributed by atoms with Crippen LogP contribution in [0.25, 0.3) is 6.08 Å². The summed E-state index contributed by atoms with van der Waals surface area (Å²) in [6.07, 6.45) is 1.86. The molecule has 0 spiro atoms. The van der Waals surface area contributed by atoms with Gasteiger partial charge in [-0.2, -0.15) is 0 Å². The summed E-state index contributed by atoms with van der Waals surface area (Å²) >= 11 is 0. The van der Waals surface area contributed by atoms with Gasteiger partial charge in [0, 0.05) is 0 Å². The van der Waals surface area contributed by atoms with Crippen molar-refractivity contribution in [2.24, 2.45) is 0 Å². The van der Waals surface area contributed by atoms with E-state index in [-0.39, 0.29) is 0 Å². The van der Waals surface area contributed by atoms with Crippen LogP contribution >= 0.6 is 0 Å². The minimum absolute atomic E-state index is 0.655. The van der Waals surface area contributed by atoms with Gasteiger partial charge in [0.1, 0.15) is 0 Å². The lowest BCUT2D eigenvalue weighted by Gasteiger charge is -2.01. The molecule has 0 aliphatic heterocycles. The van der Waals surface area contributed by atoms with Gasteiger partial charge in [0.25, 0.3) is 0 Å². The summed E-state index contributed by atoms with van der Waals surface area (Å²) in [5.41, 5.74) is 0.926. The van der Waals surface area contributed by atoms with Gasteiger partial charge < -0.3 is 9.84 Å². The van der Waals surface area contributed by atoms with Crippen molar-refractivity contribution >= 4 is 12.0 Å². The van der Waals surface area contributed by atoms with E-state index in [0.717, 1.165) is 5.56 Å². The lowest BCUT2D eigenvalue weighted by atomic mass is 10.2. The molecule has 0 amide bonds. The SMILES string of the molecule is COC(=O)[C@H](O)C=Cc1ccccc1. The first-order valence-corrected chi connectivity index (χ1v) is 4.23. The van der Waals surface area contributed by atoms with Gasteiger partial charge in [-0.05, 0) is 11.6 Å². The highest BCUT2D eigenvalue weighted by Crippen LogP contribution is 2.02. The fraction of sp³-hybridized carbons (Fsp3) is 0.182. The van der Waals surface area contributed by atoms with E-state index in [1.165, 1.54) is 13.2 Å². The molecule has 0 aliphatic carbocycles. The predicted octanol–water partition coefficient (Wildman–Crippen LogP) is 1.23. The summed E-state index contributed by atoms with van der Waals surface area (Å²) in [5, 5.41) is 9.22. The second-order valence-corrected chi connectivity index (χ2v) is 2.74. The Morgan fingerprint density at radius 2 is 2.07 bits per heavy atom. The van der Waals surface area contributed by atoms with Gasteiger partial charge in [-0.1, -0.05) is 36.4 Å². The average molecular weight is 192 g/mol. The smallest absolute Gasteiger partial charge is 0.338 e. The van der Waals surface area contributed by atoms with E-state index in [4.69, 9.17) is 0 Å². The summed E-state index contributed by atoms with van der Waals surface area (Å²) < 4.78 is 4.36. The number of aliphatic hydroxyl groups excluding tert-OH is 1. The zero-order valence-corrected chi connectivity index (χ0v) is 7.88. The number of carbonyl (C=O) groups is 1. The molecule has 0 bridgehead atoms. The van der Waals surface area contributed by atoms with Gasteiger partial charge in [0.2, 0.25) is 0 Å². The van der Waals surface area contributed by atoms with Crippen LogP contribution in [-0.4, -0.2) is 24.3 Å². The third kappa shape index (κ3) is 3.03. The minimum atomic E-state index is -1.19. The number of rotatable bonds is 3. The largest absolute Gasteiger partial charge is 0.467 e. The van der Waals surface area contributed by atoms with Crippen LogP contribution in [0.5, 0.6) is 0 Å². The molecule has 1 atom stereocenters. The fourth-order valence-electron chi connectivity index (χ4n) is 0.966. The van der Waals surface area contributed by atoms with Crippen LogP contribution in [0.1, 0.15) is 5.56 Å². The number of hydrogen-bond donors (Lipinski definition) is 1. The molecule has 74 valence electrons. The van der Waals surface area contributed by atoms with Gasteiger partial charge in [-0.15, -0.1) is 0 Å². The van der Waals surface area contributed by atoms with Crippen LogP contribution in [-0.2, 0) is 9.53 Å². The van der Waals surface area contributed by atoms with Crippen molar-refractivity contribution in [3.63, 3.8) is 0 Å². The quantitative estimate of drug-likeness (QED) is 0.733. The van der Waals surface area contributed by atoms with E-state index in [2.05, 4.69) is 4.74 Å². The van der Waals surface area contributed by atoms with Crippen LogP contribution in [0.2, 0.25) is 0 Å². The van der Waals surface area contributed by atoms with Crippen LogP contribution in [0.15, 0.2) is 36.4 Å². The standard InChI is InChI=1S/C11H12O3/c1-14-11(13)10(12)8-7-9-5-3-2-4-6-9/h2-8,10,12H,1H3/t10-/m1/s1. The van der Waals surface area contributed by atoms with Crippen LogP contribution < -0.4 is 0 Å². The normalized spacial score (nSPS) is 12.7. The molecular formula is C11H12O3. The van der Waals surface area contributed by atoms with E-state index in [9.17, 15) is 9.90 Å². The number of esters is 1. The Morgan fingerprint density at radius 3 is 2.64 bits per heavy atom. The molecule has 14 heavy (non-hydrogen) atoms. The third-order valence-corrected chi connectivity index (χ3v) is 1.71. The summed E-state index contributed by atoms with van der Waals surface area (Å²) in [5.74, 6) is -0.655. The van der Waals surface area contributed by atoms with Gasteiger partial charge in [-0.3, -0.25) is 0 Å². The molecule has 0 saturated heterocycles. The zero-order valence-electron chi connectivity index (χ0n) is 7.88. The predicted molar refractivity (Wildman–Crippen MR) is 53.5 cm³/mol. The zero-order chi connectivity index (χ0) is 10.4. The maximum absolute atomic E-state index is 10.8. The lowest BCUT2D eigenvalue weighted by molar-refractivity contribution is -0.147. The Morgan fingerprint density at radius 1 is 1.43 bits per heavy atom. The molecule has 0 saturated carbocycles. The van der Waals surface area contributed by atoms with Gasteiger partial charge in [0.05, 0.1) is 7.11 Å². The topological polar surface area (TPSA) is 46.5 Å². The van der Waals surface area contributed by atoms with E-state index in [0.29, 0.717) is 0 Å². The monoisotopic (exact) mass is 192 g/mol. The maximum atomic E-state index is 10.8. The molecule has 1 aromatic rings. The van der Waals surface area contributed by atoms with Gasteiger partial charge >= 0.3 is 5.97 Å². The highest BCUT2D eigenvalue weighted by molar-refractivity contribution is 5.77. The molecule has 0 heterocycles. The summed E-state index contributed by atoms with van der Waals surface area (Å²) in [6, 6.07) is 9.41. The molecule has 0 radical (unpaired) electrons. The molecule has 0 aliphatic rings. The first-order valence-electron chi connectivity index (χ1n) is 4.23. The second kappa shape index (κ2) is 5.19. The van der Waals surface area contributed by atoms with Crippen molar-refractivity contribution in [3.05, 3.63) is 42.0 Å². The van der Waals surface area contributed by atoms with Crippen molar-refractivity contribution in [1.29, 1.82) is 0 Å². The van der Waals surface area contributed by atoms with Crippen molar-refractivity contribution in [3.8, 4) is 0 Å². The summed E-state index contributed by atoms with van der Waals surface area (Å²) in [6.45, 7) is 0. The number of methoxy groups -OCH3 is 1. The Balaban J connectivity index is 2.60. The second-order valence-electron chi connectivity index (χ2n) is 2.74. The van der Waals surface area contributed by atoms with E-state index < -0.39 is 12.1 Å². The lowest BCUT2D eigenvalue weighted by Crippen LogP contribution is -2.18. The molecule has 1 aromatic carbocycles. The Labute approximate surface area is 82.6 Å². The van der Waals surface area contributed by atoms with E-state index in [1.807, 2.05) is 30.3 Å². The Bertz CT molecular complexity index is 317. The molecule has 1 N–H and O–H groups in total. The van der Waals surface area contributed by atoms with Crippen LogP contribution in [0.3, 0.4) is 0 Å². The van der Waals surface area contributed by atoms with Crippen LogP contribution in [0.4, 0.5) is 0 Å². The molecule has 1 rings (SSSR count). The van der Waals surface area contributed by atoms with Crippen molar-refractivity contribution in [2.45, 2.75) is 6.10 Å². The molecular weight excluding hydrogens is 180 g/mol. The highest BCUT2D eigenvalue weighted by Gasteiger charge is 2.09. The number of benzene rings is 1. The van der Waals surface area contributed by atoms with Crippen molar-refractivity contribution in [1.82, 2.24) is 0 Å². The van der Waals surface area contributed by atoms with Crippen LogP contribution in [0, 0.1) is 0 Å². The number of hydrogen-bond acceptors (Lipinski definition) is 3. The van der Waals surface area contributed by atoms with E-state index >= 15 is 0 Å². The van der Waals surface area contributed by atoms with Crippen molar-refractivity contribution < 1.29 is 14.6 Å². The van der Waals surface area contributed by atoms with Gasteiger partial charge in [-0.25, -0.2) is 4.79 Å². The fourth-order valence-corrected chi connectivity index (χ4v) is 0.966. The summed E-state index contributed by atoms with van der Waals surface area (Å²) in [7, 11) is 1.24. The third-order valence-electron chi connectivity index (χ3n) is 1.71.